The molecule has 1 rings (SSSR count). The molecule has 0 saturated heterocycles. The first-order chi connectivity index (χ1) is 9.50. The van der Waals surface area contributed by atoms with Crippen molar-refractivity contribution in [3.8, 4) is 0 Å². The molecule has 0 fully saturated rings. The van der Waals surface area contributed by atoms with Gasteiger partial charge in [-0.15, -0.1) is 6.58 Å². The van der Waals surface area contributed by atoms with Gasteiger partial charge >= 0.3 is 0 Å². The Morgan fingerprint density at radius 1 is 0.900 bits per heavy atom. The summed E-state index contributed by atoms with van der Waals surface area (Å²) in [5.74, 6) is -10.0. The van der Waals surface area contributed by atoms with E-state index in [1.165, 1.54) is 6.21 Å². The van der Waals surface area contributed by atoms with Crippen LogP contribution in [0.4, 0.5) is 22.0 Å². The highest BCUT2D eigenvalue weighted by atomic mass is 19.2. The van der Waals surface area contributed by atoms with E-state index >= 15 is 0 Å². The summed E-state index contributed by atoms with van der Waals surface area (Å²) in [5, 5.41) is 3.37. The van der Waals surface area contributed by atoms with Crippen LogP contribution < -0.4 is 0 Å². The lowest BCUT2D eigenvalue weighted by atomic mass is 10.2. The Hall–Kier alpha value is -1.92. The molecule has 7 heteroatoms. The SMILES string of the molecule is C=CCCC/C=N/OCc1c(F)c(F)c(F)c(F)c1F. The molecule has 0 aromatic heterocycles. The van der Waals surface area contributed by atoms with E-state index in [4.69, 9.17) is 0 Å². The van der Waals surface area contributed by atoms with Crippen LogP contribution in [0.1, 0.15) is 24.8 Å². The Kier molecular flexibility index (Phi) is 6.14. The molecule has 0 unspecified atom stereocenters. The highest BCUT2D eigenvalue weighted by Crippen LogP contribution is 2.23. The summed E-state index contributed by atoms with van der Waals surface area (Å²) in [6, 6.07) is 0. The topological polar surface area (TPSA) is 21.6 Å². The smallest absolute Gasteiger partial charge is 0.200 e. The fraction of sp³-hybridized carbons (Fsp3) is 0.308. The van der Waals surface area contributed by atoms with E-state index in [1.807, 2.05) is 0 Å². The van der Waals surface area contributed by atoms with Crippen molar-refractivity contribution in [3.05, 3.63) is 47.3 Å². The maximum atomic E-state index is 13.2. The normalized spacial score (nSPS) is 11.1. The van der Waals surface area contributed by atoms with E-state index in [0.29, 0.717) is 6.42 Å². The molecule has 20 heavy (non-hydrogen) atoms. The lowest BCUT2D eigenvalue weighted by molar-refractivity contribution is 0.124. The number of hydrogen-bond acceptors (Lipinski definition) is 2. The van der Waals surface area contributed by atoms with Crippen molar-refractivity contribution in [3.63, 3.8) is 0 Å². The first-order valence-corrected chi connectivity index (χ1v) is 5.75. The Balaban J connectivity index is 2.67. The predicted molar refractivity (Wildman–Crippen MR) is 63.6 cm³/mol. The average molecular weight is 293 g/mol. The zero-order valence-corrected chi connectivity index (χ0v) is 10.4. The second-order valence-corrected chi connectivity index (χ2v) is 3.83. The van der Waals surface area contributed by atoms with Crippen molar-refractivity contribution in [2.45, 2.75) is 25.9 Å². The Morgan fingerprint density at radius 3 is 2.00 bits per heavy atom. The minimum Gasteiger partial charge on any atom is -0.391 e. The maximum Gasteiger partial charge on any atom is 0.200 e. The molecule has 0 radical (unpaired) electrons. The van der Waals surface area contributed by atoms with Crippen molar-refractivity contribution in [2.24, 2.45) is 5.16 Å². The highest BCUT2D eigenvalue weighted by Gasteiger charge is 2.25. The van der Waals surface area contributed by atoms with E-state index in [0.717, 1.165) is 12.8 Å². The lowest BCUT2D eigenvalue weighted by Gasteiger charge is -2.06. The summed E-state index contributed by atoms with van der Waals surface area (Å²) in [7, 11) is 0. The number of benzene rings is 1. The molecule has 0 atom stereocenters. The standard InChI is InChI=1S/C13H12F5NO/c1-2-3-4-5-6-19-20-7-8-9(14)11(16)13(18)12(17)10(8)15/h2,6H,1,3-5,7H2/b19-6+. The predicted octanol–water partition coefficient (Wildman–Crippen LogP) is 4.24. The van der Waals surface area contributed by atoms with Gasteiger partial charge in [-0.3, -0.25) is 0 Å². The molecular formula is C13H12F5NO. The van der Waals surface area contributed by atoms with Gasteiger partial charge in [0, 0.05) is 6.21 Å². The van der Waals surface area contributed by atoms with E-state index in [9.17, 15) is 22.0 Å². The molecule has 2 nitrogen and oxygen atoms in total. The van der Waals surface area contributed by atoms with Crippen LogP contribution in [0.3, 0.4) is 0 Å². The zero-order valence-electron chi connectivity index (χ0n) is 10.4. The summed E-state index contributed by atoms with van der Waals surface area (Å²) in [5.41, 5.74) is -1.05. The summed E-state index contributed by atoms with van der Waals surface area (Å²) in [6.07, 6.45) is 5.13. The number of allylic oxidation sites excluding steroid dienone is 1. The van der Waals surface area contributed by atoms with Gasteiger partial charge in [0.25, 0.3) is 0 Å². The van der Waals surface area contributed by atoms with Gasteiger partial charge in [-0.25, -0.2) is 22.0 Å². The first-order valence-electron chi connectivity index (χ1n) is 5.75. The van der Waals surface area contributed by atoms with Crippen LogP contribution in [-0.2, 0) is 11.4 Å². The van der Waals surface area contributed by atoms with Crippen molar-refractivity contribution in [1.29, 1.82) is 0 Å². The molecule has 0 amide bonds. The Morgan fingerprint density at radius 2 is 1.45 bits per heavy atom. The van der Waals surface area contributed by atoms with Gasteiger partial charge in [0.05, 0.1) is 5.56 Å². The summed E-state index contributed by atoms with van der Waals surface area (Å²) < 4.78 is 64.9. The van der Waals surface area contributed by atoms with Crippen molar-refractivity contribution in [2.75, 3.05) is 0 Å². The minimum atomic E-state index is -2.20. The number of hydrogen-bond donors (Lipinski definition) is 0. The van der Waals surface area contributed by atoms with Gasteiger partial charge in [0.15, 0.2) is 23.3 Å². The maximum absolute atomic E-state index is 13.2. The lowest BCUT2D eigenvalue weighted by Crippen LogP contribution is -2.07. The van der Waals surface area contributed by atoms with Gasteiger partial charge in [0.1, 0.15) is 6.61 Å². The third-order valence-electron chi connectivity index (χ3n) is 2.40. The molecular weight excluding hydrogens is 281 g/mol. The average Bonchev–Trinajstić information content (AvgIpc) is 2.45. The Bertz CT molecular complexity index is 487. The molecule has 0 heterocycles. The fourth-order valence-corrected chi connectivity index (χ4v) is 1.34. The number of oxime groups is 1. The van der Waals surface area contributed by atoms with Crippen LogP contribution in [0.15, 0.2) is 17.8 Å². The number of halogens is 5. The second kappa shape index (κ2) is 7.62. The van der Waals surface area contributed by atoms with Crippen LogP contribution in [0, 0.1) is 29.1 Å². The quantitative estimate of drug-likeness (QED) is 0.140. The van der Waals surface area contributed by atoms with Gasteiger partial charge < -0.3 is 4.84 Å². The molecule has 0 N–H and O–H groups in total. The molecule has 0 bridgehead atoms. The largest absolute Gasteiger partial charge is 0.391 e. The second-order valence-electron chi connectivity index (χ2n) is 3.83. The third kappa shape index (κ3) is 3.79. The highest BCUT2D eigenvalue weighted by molar-refractivity contribution is 5.56. The fourth-order valence-electron chi connectivity index (χ4n) is 1.34. The minimum absolute atomic E-state index is 0.545. The molecule has 0 spiro atoms. The number of rotatable bonds is 7. The molecule has 0 aliphatic heterocycles. The molecule has 1 aromatic carbocycles. The van der Waals surface area contributed by atoms with E-state index in [2.05, 4.69) is 16.6 Å². The van der Waals surface area contributed by atoms with E-state index < -0.39 is 41.3 Å². The summed E-state index contributed by atoms with van der Waals surface area (Å²) in [6.45, 7) is 2.67. The molecule has 1 aromatic rings. The van der Waals surface area contributed by atoms with Gasteiger partial charge in [-0.1, -0.05) is 11.2 Å². The van der Waals surface area contributed by atoms with Crippen LogP contribution >= 0.6 is 0 Å². The number of unbranched alkanes of at least 4 members (excludes halogenated alkanes) is 2. The monoisotopic (exact) mass is 293 g/mol. The molecule has 110 valence electrons. The third-order valence-corrected chi connectivity index (χ3v) is 2.40. The van der Waals surface area contributed by atoms with Crippen LogP contribution in [0.2, 0.25) is 0 Å². The molecule has 0 aliphatic rings. The Labute approximate surface area is 112 Å². The summed E-state index contributed by atoms with van der Waals surface area (Å²) in [4.78, 5) is 4.52. The van der Waals surface area contributed by atoms with Crippen LogP contribution in [-0.4, -0.2) is 6.21 Å². The van der Waals surface area contributed by atoms with Crippen molar-refractivity contribution in [1.82, 2.24) is 0 Å². The summed E-state index contributed by atoms with van der Waals surface area (Å²) >= 11 is 0. The van der Waals surface area contributed by atoms with Gasteiger partial charge in [-0.05, 0) is 19.3 Å². The first kappa shape index (κ1) is 16.1. The van der Waals surface area contributed by atoms with Gasteiger partial charge in [0.2, 0.25) is 5.82 Å². The van der Waals surface area contributed by atoms with Crippen molar-refractivity contribution >= 4 is 6.21 Å². The zero-order chi connectivity index (χ0) is 15.1. The van der Waals surface area contributed by atoms with Gasteiger partial charge in [-0.2, -0.15) is 0 Å². The van der Waals surface area contributed by atoms with Crippen LogP contribution in [0.5, 0.6) is 0 Å². The number of nitrogens with zero attached hydrogens (tertiary/aromatic N) is 1. The molecule has 0 aliphatic carbocycles. The van der Waals surface area contributed by atoms with Crippen LogP contribution in [0.25, 0.3) is 0 Å². The van der Waals surface area contributed by atoms with E-state index in [1.54, 1.807) is 6.08 Å². The van der Waals surface area contributed by atoms with Crippen molar-refractivity contribution < 1.29 is 26.8 Å². The van der Waals surface area contributed by atoms with E-state index in [-0.39, 0.29) is 0 Å². The molecule has 0 saturated carbocycles.